The van der Waals surface area contributed by atoms with E-state index < -0.39 is 9.84 Å². The Morgan fingerprint density at radius 3 is 2.45 bits per heavy atom. The molecule has 0 aliphatic carbocycles. The quantitative estimate of drug-likeness (QED) is 0.849. The lowest BCUT2D eigenvalue weighted by molar-refractivity contribution is 0.0705. The van der Waals surface area contributed by atoms with Gasteiger partial charge in [0, 0.05) is 12.6 Å². The van der Waals surface area contributed by atoms with Gasteiger partial charge in [-0.3, -0.25) is 4.79 Å². The zero-order valence-electron chi connectivity index (χ0n) is 13.5. The summed E-state index contributed by atoms with van der Waals surface area (Å²) in [6.07, 6.45) is 0.509. The van der Waals surface area contributed by atoms with E-state index in [4.69, 9.17) is 4.74 Å². The molecule has 0 radical (unpaired) electrons. The Labute approximate surface area is 132 Å². The van der Waals surface area contributed by atoms with Gasteiger partial charge in [0.05, 0.1) is 24.2 Å². The Hall–Kier alpha value is -1.56. The van der Waals surface area contributed by atoms with E-state index in [9.17, 15) is 13.2 Å². The first-order valence-electron chi connectivity index (χ1n) is 7.45. The molecule has 2 rings (SSSR count). The van der Waals surface area contributed by atoms with Crippen LogP contribution >= 0.6 is 0 Å². The van der Waals surface area contributed by atoms with E-state index in [0.717, 1.165) is 11.1 Å². The predicted molar refractivity (Wildman–Crippen MR) is 86.2 cm³/mol. The van der Waals surface area contributed by atoms with Gasteiger partial charge >= 0.3 is 0 Å². The van der Waals surface area contributed by atoms with Crippen LogP contribution in [0.2, 0.25) is 0 Å². The lowest BCUT2D eigenvalue weighted by Crippen LogP contribution is -2.41. The van der Waals surface area contributed by atoms with Crippen molar-refractivity contribution in [1.29, 1.82) is 0 Å². The minimum atomic E-state index is -3.02. The highest BCUT2D eigenvalue weighted by Crippen LogP contribution is 2.27. The molecule has 1 atom stereocenters. The molecule has 1 aromatic carbocycles. The van der Waals surface area contributed by atoms with Crippen molar-refractivity contribution in [1.82, 2.24) is 4.90 Å². The smallest absolute Gasteiger partial charge is 0.257 e. The first-order chi connectivity index (χ1) is 10.3. The summed E-state index contributed by atoms with van der Waals surface area (Å²) in [4.78, 5) is 14.5. The molecule has 1 amide bonds. The second-order valence-corrected chi connectivity index (χ2v) is 8.01. The summed E-state index contributed by atoms with van der Waals surface area (Å²) >= 11 is 0. The number of carbonyl (C=O) groups is 1. The molecule has 122 valence electrons. The van der Waals surface area contributed by atoms with Crippen LogP contribution in [-0.4, -0.2) is 50.4 Å². The average molecular weight is 325 g/mol. The van der Waals surface area contributed by atoms with E-state index >= 15 is 0 Å². The molecular weight excluding hydrogens is 302 g/mol. The van der Waals surface area contributed by atoms with Gasteiger partial charge in [-0.1, -0.05) is 0 Å². The van der Waals surface area contributed by atoms with Crippen LogP contribution in [0.5, 0.6) is 5.75 Å². The van der Waals surface area contributed by atoms with Gasteiger partial charge in [-0.25, -0.2) is 8.42 Å². The summed E-state index contributed by atoms with van der Waals surface area (Å²) in [6, 6.07) is 3.43. The Balaban J connectivity index is 2.35. The van der Waals surface area contributed by atoms with Gasteiger partial charge in [-0.05, 0) is 50.5 Å². The Kier molecular flexibility index (Phi) is 4.80. The minimum Gasteiger partial charge on any atom is -0.496 e. The first-order valence-corrected chi connectivity index (χ1v) is 9.27. The van der Waals surface area contributed by atoms with Crippen LogP contribution < -0.4 is 4.74 Å². The van der Waals surface area contributed by atoms with Gasteiger partial charge in [0.1, 0.15) is 5.75 Å². The fourth-order valence-corrected chi connectivity index (χ4v) is 4.60. The van der Waals surface area contributed by atoms with Gasteiger partial charge in [-0.15, -0.1) is 0 Å². The molecule has 1 unspecified atom stereocenters. The summed E-state index contributed by atoms with van der Waals surface area (Å²) < 4.78 is 28.7. The van der Waals surface area contributed by atoms with Crippen molar-refractivity contribution in [2.24, 2.45) is 0 Å². The van der Waals surface area contributed by atoms with Crippen molar-refractivity contribution in [2.45, 2.75) is 33.2 Å². The van der Waals surface area contributed by atoms with Crippen molar-refractivity contribution in [2.75, 3.05) is 25.2 Å². The molecule has 1 aliphatic rings. The first kappa shape index (κ1) is 16.8. The molecular formula is C16H23NO4S. The third-order valence-corrected chi connectivity index (χ3v) is 6.05. The highest BCUT2D eigenvalue weighted by Gasteiger charge is 2.35. The van der Waals surface area contributed by atoms with Gasteiger partial charge < -0.3 is 9.64 Å². The topological polar surface area (TPSA) is 63.7 Å². The van der Waals surface area contributed by atoms with Gasteiger partial charge in [0.2, 0.25) is 0 Å². The number of methoxy groups -OCH3 is 1. The molecule has 6 heteroatoms. The van der Waals surface area contributed by atoms with E-state index in [1.807, 2.05) is 32.9 Å². The molecule has 0 N–H and O–H groups in total. The molecule has 1 aromatic rings. The Bertz CT molecular complexity index is 682. The van der Waals surface area contributed by atoms with Crippen molar-refractivity contribution in [3.05, 3.63) is 28.8 Å². The monoisotopic (exact) mass is 325 g/mol. The average Bonchev–Trinajstić information content (AvgIpc) is 2.82. The predicted octanol–water partition coefficient (Wildman–Crippen LogP) is 1.96. The zero-order valence-corrected chi connectivity index (χ0v) is 14.4. The maximum absolute atomic E-state index is 12.9. The van der Waals surface area contributed by atoms with Crippen LogP contribution in [0.25, 0.3) is 0 Å². The van der Waals surface area contributed by atoms with Crippen molar-refractivity contribution in [3.63, 3.8) is 0 Å². The van der Waals surface area contributed by atoms with Crippen LogP contribution in [0.1, 0.15) is 34.8 Å². The summed E-state index contributed by atoms with van der Waals surface area (Å²) in [5.41, 5.74) is 2.57. The maximum atomic E-state index is 12.9. The highest BCUT2D eigenvalue weighted by molar-refractivity contribution is 7.91. The minimum absolute atomic E-state index is 0.0553. The lowest BCUT2D eigenvalue weighted by atomic mass is 10.0. The lowest BCUT2D eigenvalue weighted by Gasteiger charge is -2.27. The maximum Gasteiger partial charge on any atom is 0.257 e. The summed E-state index contributed by atoms with van der Waals surface area (Å²) in [5.74, 6) is 0.586. The summed E-state index contributed by atoms with van der Waals surface area (Å²) in [6.45, 7) is 6.26. The van der Waals surface area contributed by atoms with Crippen LogP contribution in [-0.2, 0) is 9.84 Å². The second kappa shape index (κ2) is 6.28. The number of ether oxygens (including phenoxy) is 1. The van der Waals surface area contributed by atoms with Crippen LogP contribution in [0.4, 0.5) is 0 Å². The van der Waals surface area contributed by atoms with E-state index in [-0.39, 0.29) is 23.5 Å². The van der Waals surface area contributed by atoms with E-state index in [1.165, 1.54) is 7.11 Å². The standard InChI is InChI=1S/C16H23NO4S/c1-5-17(13-6-7-22(19,20)10-13)16(18)14-8-11(2)12(3)9-15(14)21-4/h8-9,13H,5-7,10H2,1-4H3. The number of hydrogen-bond donors (Lipinski definition) is 0. The number of amides is 1. The fourth-order valence-electron chi connectivity index (χ4n) is 2.87. The van der Waals surface area contributed by atoms with Crippen molar-refractivity contribution >= 4 is 15.7 Å². The molecule has 1 heterocycles. The Morgan fingerprint density at radius 1 is 1.32 bits per heavy atom. The van der Waals surface area contributed by atoms with E-state index in [2.05, 4.69) is 0 Å². The summed E-state index contributed by atoms with van der Waals surface area (Å²) in [5, 5.41) is 0. The van der Waals surface area contributed by atoms with Crippen LogP contribution in [0.3, 0.4) is 0 Å². The van der Waals surface area contributed by atoms with Crippen LogP contribution in [0.15, 0.2) is 12.1 Å². The van der Waals surface area contributed by atoms with Gasteiger partial charge in [0.15, 0.2) is 9.84 Å². The van der Waals surface area contributed by atoms with E-state index in [1.54, 1.807) is 4.90 Å². The molecule has 5 nitrogen and oxygen atoms in total. The molecule has 0 spiro atoms. The third kappa shape index (κ3) is 3.27. The molecule has 0 bridgehead atoms. The highest BCUT2D eigenvalue weighted by atomic mass is 32.2. The number of carbonyl (C=O) groups excluding carboxylic acids is 1. The number of benzene rings is 1. The van der Waals surface area contributed by atoms with E-state index in [0.29, 0.717) is 24.3 Å². The number of nitrogens with zero attached hydrogens (tertiary/aromatic N) is 1. The molecule has 22 heavy (non-hydrogen) atoms. The number of hydrogen-bond acceptors (Lipinski definition) is 4. The molecule has 0 saturated carbocycles. The second-order valence-electron chi connectivity index (χ2n) is 5.78. The largest absolute Gasteiger partial charge is 0.496 e. The number of rotatable bonds is 4. The molecule has 0 aromatic heterocycles. The van der Waals surface area contributed by atoms with Gasteiger partial charge in [0.25, 0.3) is 5.91 Å². The number of aryl methyl sites for hydroxylation is 2. The number of sulfone groups is 1. The normalized spacial score (nSPS) is 19.9. The van der Waals surface area contributed by atoms with Crippen LogP contribution in [0, 0.1) is 13.8 Å². The summed E-state index contributed by atoms with van der Waals surface area (Å²) in [7, 11) is -1.48. The molecule has 1 aliphatic heterocycles. The third-order valence-electron chi connectivity index (χ3n) is 4.30. The molecule has 1 saturated heterocycles. The van der Waals surface area contributed by atoms with Crippen molar-refractivity contribution < 1.29 is 17.9 Å². The fraction of sp³-hybridized carbons (Fsp3) is 0.562. The van der Waals surface area contributed by atoms with Crippen molar-refractivity contribution in [3.8, 4) is 5.75 Å². The Morgan fingerprint density at radius 2 is 1.95 bits per heavy atom. The van der Waals surface area contributed by atoms with Gasteiger partial charge in [-0.2, -0.15) is 0 Å². The zero-order chi connectivity index (χ0) is 16.5. The molecule has 1 fully saturated rings. The SMILES string of the molecule is CCN(C(=O)c1cc(C)c(C)cc1OC)C1CCS(=O)(=O)C1.